The highest BCUT2D eigenvalue weighted by atomic mass is 32.2. The number of amidine groups is 1. The standard InChI is InChI=1S/C24H21F2N7OS/c1-5-8-34-18-11-30-20-17(32-18)6-7-29-21(20)31-14-9-15(19(26)16(25)10-14)24(4)13(2)23(3,12-27)35-22(28)33-24/h1,6-7,9-11,13H,8H2,2-4H3,(H2,28,33)(H,29,31)/t13-,23-,24+/m1/s1. The fourth-order valence-electron chi connectivity index (χ4n) is 3.98. The molecule has 1 aromatic carbocycles. The van der Waals surface area contributed by atoms with E-state index in [-0.39, 0.29) is 34.7 Å². The van der Waals surface area contributed by atoms with Crippen LogP contribution in [0.4, 0.5) is 20.3 Å². The third-order valence-electron chi connectivity index (χ3n) is 6.13. The lowest BCUT2D eigenvalue weighted by atomic mass is 9.74. The minimum atomic E-state index is -1.29. The van der Waals surface area contributed by atoms with Gasteiger partial charge in [-0.2, -0.15) is 5.26 Å². The number of thioether (sulfide) groups is 1. The normalized spacial score (nSPS) is 23.7. The topological polar surface area (TPSA) is 122 Å². The lowest BCUT2D eigenvalue weighted by Gasteiger charge is -2.43. The van der Waals surface area contributed by atoms with Gasteiger partial charge < -0.3 is 15.8 Å². The highest BCUT2D eigenvalue weighted by molar-refractivity contribution is 8.15. The summed E-state index contributed by atoms with van der Waals surface area (Å²) >= 11 is 1.11. The number of nitrogens with two attached hydrogens (primary N) is 1. The van der Waals surface area contributed by atoms with Gasteiger partial charge in [-0.05, 0) is 26.0 Å². The van der Waals surface area contributed by atoms with Crippen LogP contribution >= 0.6 is 11.8 Å². The zero-order valence-electron chi connectivity index (χ0n) is 19.1. The summed E-state index contributed by atoms with van der Waals surface area (Å²) in [7, 11) is 0. The van der Waals surface area contributed by atoms with E-state index in [1.807, 2.05) is 0 Å². The quantitative estimate of drug-likeness (QED) is 0.506. The molecule has 1 aliphatic heterocycles. The molecule has 0 amide bonds. The Morgan fingerprint density at radius 1 is 1.31 bits per heavy atom. The minimum absolute atomic E-state index is 0.0338. The van der Waals surface area contributed by atoms with Crippen molar-refractivity contribution >= 4 is 39.5 Å². The van der Waals surface area contributed by atoms with Gasteiger partial charge in [-0.25, -0.2) is 23.7 Å². The second-order valence-electron chi connectivity index (χ2n) is 8.31. The number of aromatic nitrogens is 3. The minimum Gasteiger partial charge on any atom is -0.463 e. The molecule has 0 spiro atoms. The van der Waals surface area contributed by atoms with Crippen LogP contribution in [0.5, 0.6) is 5.88 Å². The Hall–Kier alpha value is -3.96. The molecule has 0 bridgehead atoms. The summed E-state index contributed by atoms with van der Waals surface area (Å²) in [5.41, 5.74) is 5.74. The highest BCUT2D eigenvalue weighted by Gasteiger charge is 2.50. The molecule has 0 saturated carbocycles. The van der Waals surface area contributed by atoms with Crippen LogP contribution in [0.25, 0.3) is 11.0 Å². The number of nitrogens with one attached hydrogen (secondary N) is 1. The van der Waals surface area contributed by atoms with E-state index in [4.69, 9.17) is 16.9 Å². The Kier molecular flexibility index (Phi) is 6.22. The Labute approximate surface area is 205 Å². The van der Waals surface area contributed by atoms with E-state index >= 15 is 4.39 Å². The Balaban J connectivity index is 1.77. The highest BCUT2D eigenvalue weighted by Crippen LogP contribution is 2.50. The first-order chi connectivity index (χ1) is 16.6. The summed E-state index contributed by atoms with van der Waals surface area (Å²) in [6.45, 7) is 5.16. The van der Waals surface area contributed by atoms with Crippen LogP contribution < -0.4 is 15.8 Å². The van der Waals surface area contributed by atoms with E-state index < -0.39 is 27.8 Å². The maximum atomic E-state index is 15.1. The van der Waals surface area contributed by atoms with Crippen molar-refractivity contribution in [2.24, 2.45) is 16.6 Å². The van der Waals surface area contributed by atoms with Crippen LogP contribution in [0.1, 0.15) is 26.3 Å². The van der Waals surface area contributed by atoms with Crippen molar-refractivity contribution in [1.82, 2.24) is 15.0 Å². The van der Waals surface area contributed by atoms with Crippen LogP contribution in [-0.2, 0) is 5.54 Å². The molecule has 0 unspecified atom stereocenters. The molecule has 3 aromatic rings. The average Bonchev–Trinajstić information content (AvgIpc) is 2.83. The molecule has 8 nitrogen and oxygen atoms in total. The largest absolute Gasteiger partial charge is 0.463 e. The molecule has 0 aliphatic carbocycles. The number of hydrogen-bond acceptors (Lipinski definition) is 9. The van der Waals surface area contributed by atoms with Crippen molar-refractivity contribution in [3.05, 3.63) is 47.8 Å². The van der Waals surface area contributed by atoms with Gasteiger partial charge in [0, 0.05) is 29.4 Å². The Bertz CT molecular complexity index is 1430. The van der Waals surface area contributed by atoms with Gasteiger partial charge in [0.05, 0.1) is 23.3 Å². The number of nitrogens with zero attached hydrogens (tertiary/aromatic N) is 5. The van der Waals surface area contributed by atoms with E-state index in [1.165, 1.54) is 18.5 Å². The first-order valence-electron chi connectivity index (χ1n) is 10.5. The van der Waals surface area contributed by atoms with E-state index in [0.717, 1.165) is 17.8 Å². The molecule has 2 aromatic heterocycles. The zero-order chi connectivity index (χ0) is 25.4. The molecular formula is C24H21F2N7OS. The first-order valence-corrected chi connectivity index (χ1v) is 11.3. The summed E-state index contributed by atoms with van der Waals surface area (Å²) in [6.07, 6.45) is 8.09. The van der Waals surface area contributed by atoms with Gasteiger partial charge >= 0.3 is 0 Å². The second-order valence-corrected chi connectivity index (χ2v) is 9.78. The smallest absolute Gasteiger partial charge is 0.233 e. The maximum Gasteiger partial charge on any atom is 0.233 e. The number of terminal acetylenes is 1. The van der Waals surface area contributed by atoms with Crippen molar-refractivity contribution in [2.45, 2.75) is 31.1 Å². The summed E-state index contributed by atoms with van der Waals surface area (Å²) in [4.78, 5) is 17.4. The predicted octanol–water partition coefficient (Wildman–Crippen LogP) is 4.25. The number of pyridine rings is 1. The van der Waals surface area contributed by atoms with Crippen molar-refractivity contribution in [2.75, 3.05) is 11.9 Å². The SMILES string of the molecule is C#CCOc1cnc2c(Nc3cc(F)c(F)c([C@@]4(C)N=C(N)S[C@](C)(C#N)[C@H]4C)c3)nccc2n1. The van der Waals surface area contributed by atoms with Gasteiger partial charge in [-0.15, -0.1) is 6.42 Å². The number of anilines is 2. The number of rotatable bonds is 5. The van der Waals surface area contributed by atoms with Gasteiger partial charge in [-0.3, -0.25) is 4.99 Å². The van der Waals surface area contributed by atoms with Crippen LogP contribution in [0.3, 0.4) is 0 Å². The lowest BCUT2D eigenvalue weighted by molar-refractivity contribution is 0.280. The molecule has 178 valence electrons. The van der Waals surface area contributed by atoms with Crippen LogP contribution in [0.2, 0.25) is 0 Å². The molecular weight excluding hydrogens is 472 g/mol. The fourth-order valence-corrected chi connectivity index (χ4v) is 5.10. The number of ether oxygens (including phenoxy) is 1. The number of benzene rings is 1. The van der Waals surface area contributed by atoms with Gasteiger partial charge in [0.25, 0.3) is 0 Å². The second kappa shape index (κ2) is 9.01. The van der Waals surface area contributed by atoms with Crippen molar-refractivity contribution in [1.29, 1.82) is 5.26 Å². The summed E-state index contributed by atoms with van der Waals surface area (Å²) in [6, 6.07) is 6.33. The average molecular weight is 494 g/mol. The number of halogens is 2. The molecule has 3 heterocycles. The van der Waals surface area contributed by atoms with Crippen molar-refractivity contribution in [3.63, 3.8) is 0 Å². The van der Waals surface area contributed by atoms with Crippen LogP contribution in [-0.4, -0.2) is 31.5 Å². The predicted molar refractivity (Wildman–Crippen MR) is 131 cm³/mol. The van der Waals surface area contributed by atoms with Crippen LogP contribution in [0, 0.1) is 41.2 Å². The van der Waals surface area contributed by atoms with Gasteiger partial charge in [-0.1, -0.05) is 24.6 Å². The summed E-state index contributed by atoms with van der Waals surface area (Å²) < 4.78 is 34.3. The molecule has 35 heavy (non-hydrogen) atoms. The molecule has 0 saturated heterocycles. The van der Waals surface area contributed by atoms with E-state index in [1.54, 1.807) is 26.8 Å². The van der Waals surface area contributed by atoms with Gasteiger partial charge in [0.1, 0.15) is 10.3 Å². The summed E-state index contributed by atoms with van der Waals surface area (Å²) in [5, 5.41) is 12.9. The Morgan fingerprint density at radius 3 is 2.80 bits per heavy atom. The van der Waals surface area contributed by atoms with Crippen molar-refractivity contribution < 1.29 is 13.5 Å². The molecule has 4 rings (SSSR count). The monoisotopic (exact) mass is 493 g/mol. The Morgan fingerprint density at radius 2 is 2.09 bits per heavy atom. The maximum absolute atomic E-state index is 15.1. The molecule has 0 radical (unpaired) electrons. The third-order valence-corrected chi connectivity index (χ3v) is 7.30. The number of fused-ring (bicyclic) bond motifs is 1. The number of aliphatic imine (C=N–C) groups is 1. The molecule has 1 aliphatic rings. The van der Waals surface area contributed by atoms with Crippen LogP contribution in [0.15, 0.2) is 35.6 Å². The van der Waals surface area contributed by atoms with Crippen molar-refractivity contribution in [3.8, 4) is 24.3 Å². The number of nitriles is 1. The molecule has 11 heteroatoms. The summed E-state index contributed by atoms with van der Waals surface area (Å²) in [5.74, 6) is 0.233. The van der Waals surface area contributed by atoms with E-state index in [2.05, 4.69) is 37.3 Å². The number of hydrogen-bond donors (Lipinski definition) is 2. The third kappa shape index (κ3) is 4.31. The molecule has 0 fully saturated rings. The fraction of sp³-hybridized carbons (Fsp3) is 0.292. The van der Waals surface area contributed by atoms with E-state index in [9.17, 15) is 9.65 Å². The first kappa shape index (κ1) is 24.2. The molecule has 3 N–H and O–H groups in total. The van der Waals surface area contributed by atoms with Gasteiger partial charge in [0.15, 0.2) is 29.2 Å². The van der Waals surface area contributed by atoms with Gasteiger partial charge in [0.2, 0.25) is 5.88 Å². The zero-order valence-corrected chi connectivity index (χ0v) is 20.0. The van der Waals surface area contributed by atoms with E-state index in [0.29, 0.717) is 11.0 Å². The lowest BCUT2D eigenvalue weighted by Crippen LogP contribution is -2.48. The molecule has 3 atom stereocenters.